The Morgan fingerprint density at radius 2 is 2.00 bits per heavy atom. The summed E-state index contributed by atoms with van der Waals surface area (Å²) in [6, 6.07) is 3.99. The monoisotopic (exact) mass is 383 g/mol. The first-order valence-electron chi connectivity index (χ1n) is 8.13. The summed E-state index contributed by atoms with van der Waals surface area (Å²) in [5.74, 6) is 0.370. The zero-order chi connectivity index (χ0) is 18.0. The van der Waals surface area contributed by atoms with Gasteiger partial charge in [0, 0.05) is 37.5 Å². The fraction of sp³-hybridized carbons (Fsp3) is 0.500. The van der Waals surface area contributed by atoms with E-state index < -0.39 is 10.0 Å². The molecule has 25 heavy (non-hydrogen) atoms. The minimum absolute atomic E-state index is 0.0720. The fourth-order valence-electron chi connectivity index (χ4n) is 2.99. The molecule has 0 radical (unpaired) electrons. The van der Waals surface area contributed by atoms with Crippen LogP contribution >= 0.6 is 11.3 Å². The molecule has 2 aromatic heterocycles. The highest BCUT2D eigenvalue weighted by atomic mass is 32.2. The molecule has 0 saturated carbocycles. The standard InChI is InChI=1S/C16H21N3O4S2/c1-12-16(13(2)23-17-12)25(21,22)19-9-7-18(8-10-19)15(20)6-5-14-4-3-11-24-14/h3-4,11H,5-10H2,1-2H3. The van der Waals surface area contributed by atoms with Gasteiger partial charge in [-0.3, -0.25) is 4.79 Å². The first-order valence-corrected chi connectivity index (χ1v) is 10.4. The molecule has 2 aromatic rings. The summed E-state index contributed by atoms with van der Waals surface area (Å²) in [6.45, 7) is 4.61. The molecule has 136 valence electrons. The van der Waals surface area contributed by atoms with E-state index in [2.05, 4.69) is 5.16 Å². The Bertz CT molecular complexity index is 815. The first-order chi connectivity index (χ1) is 11.9. The summed E-state index contributed by atoms with van der Waals surface area (Å²) in [7, 11) is -3.64. The number of aromatic nitrogens is 1. The number of thiophene rings is 1. The normalized spacial score (nSPS) is 16.3. The number of carbonyl (C=O) groups is 1. The van der Waals surface area contributed by atoms with Crippen molar-refractivity contribution in [3.63, 3.8) is 0 Å². The fourth-order valence-corrected chi connectivity index (χ4v) is 5.42. The maximum atomic E-state index is 12.8. The minimum atomic E-state index is -3.64. The van der Waals surface area contributed by atoms with Crippen molar-refractivity contribution in [2.45, 2.75) is 31.6 Å². The lowest BCUT2D eigenvalue weighted by Crippen LogP contribution is -2.50. The number of aryl methyl sites for hydroxylation is 3. The number of hydrogen-bond acceptors (Lipinski definition) is 6. The second-order valence-electron chi connectivity index (χ2n) is 6.02. The number of hydrogen-bond donors (Lipinski definition) is 0. The van der Waals surface area contributed by atoms with Gasteiger partial charge in [-0.15, -0.1) is 11.3 Å². The first kappa shape index (κ1) is 18.1. The summed E-state index contributed by atoms with van der Waals surface area (Å²) in [4.78, 5) is 15.4. The van der Waals surface area contributed by atoms with Crippen molar-refractivity contribution < 1.29 is 17.7 Å². The van der Waals surface area contributed by atoms with E-state index >= 15 is 0 Å². The second kappa shape index (κ2) is 7.27. The van der Waals surface area contributed by atoms with Gasteiger partial charge in [-0.05, 0) is 31.7 Å². The van der Waals surface area contributed by atoms with Gasteiger partial charge < -0.3 is 9.42 Å². The molecule has 0 atom stereocenters. The van der Waals surface area contributed by atoms with Crippen LogP contribution in [-0.2, 0) is 21.2 Å². The van der Waals surface area contributed by atoms with Gasteiger partial charge in [-0.2, -0.15) is 4.31 Å². The summed E-state index contributed by atoms with van der Waals surface area (Å²) in [5.41, 5.74) is 0.368. The Morgan fingerprint density at radius 1 is 1.28 bits per heavy atom. The van der Waals surface area contributed by atoms with Gasteiger partial charge >= 0.3 is 0 Å². The molecule has 0 aromatic carbocycles. The summed E-state index contributed by atoms with van der Waals surface area (Å²) in [6.07, 6.45) is 1.19. The second-order valence-corrected chi connectivity index (χ2v) is 8.92. The molecule has 0 spiro atoms. The van der Waals surface area contributed by atoms with Crippen molar-refractivity contribution in [1.29, 1.82) is 0 Å². The minimum Gasteiger partial charge on any atom is -0.360 e. The third-order valence-corrected chi connectivity index (χ3v) is 7.40. The Hall–Kier alpha value is -1.71. The Morgan fingerprint density at radius 3 is 2.56 bits per heavy atom. The zero-order valence-electron chi connectivity index (χ0n) is 14.3. The number of piperazine rings is 1. The van der Waals surface area contributed by atoms with Crippen molar-refractivity contribution in [2.75, 3.05) is 26.2 Å². The quantitative estimate of drug-likeness (QED) is 0.786. The highest BCUT2D eigenvalue weighted by Gasteiger charge is 2.34. The molecule has 9 heteroatoms. The van der Waals surface area contributed by atoms with E-state index in [1.165, 1.54) is 9.18 Å². The maximum Gasteiger partial charge on any atom is 0.248 e. The van der Waals surface area contributed by atoms with E-state index in [0.29, 0.717) is 31.0 Å². The van der Waals surface area contributed by atoms with E-state index in [-0.39, 0.29) is 23.9 Å². The Balaban J connectivity index is 1.59. The maximum absolute atomic E-state index is 12.8. The van der Waals surface area contributed by atoms with Crippen molar-refractivity contribution in [3.8, 4) is 0 Å². The van der Waals surface area contributed by atoms with Crippen LogP contribution in [0.2, 0.25) is 0 Å². The van der Waals surface area contributed by atoms with Gasteiger partial charge in [0.1, 0.15) is 10.6 Å². The van der Waals surface area contributed by atoms with Gasteiger partial charge in [0.2, 0.25) is 15.9 Å². The highest BCUT2D eigenvalue weighted by Crippen LogP contribution is 2.24. The van der Waals surface area contributed by atoms with E-state index in [1.54, 1.807) is 30.1 Å². The van der Waals surface area contributed by atoms with Crippen LogP contribution in [0.1, 0.15) is 22.8 Å². The topological polar surface area (TPSA) is 83.7 Å². The molecule has 7 nitrogen and oxygen atoms in total. The molecular formula is C16H21N3O4S2. The lowest BCUT2D eigenvalue weighted by molar-refractivity contribution is -0.132. The van der Waals surface area contributed by atoms with Gasteiger partial charge in [0.05, 0.1) is 0 Å². The third-order valence-electron chi connectivity index (χ3n) is 4.32. The highest BCUT2D eigenvalue weighted by molar-refractivity contribution is 7.89. The molecule has 0 aliphatic carbocycles. The molecule has 1 amide bonds. The van der Waals surface area contributed by atoms with Crippen molar-refractivity contribution >= 4 is 27.3 Å². The smallest absolute Gasteiger partial charge is 0.248 e. The average Bonchev–Trinajstić information content (AvgIpc) is 3.22. The van der Waals surface area contributed by atoms with Crippen LogP contribution in [-0.4, -0.2) is 54.9 Å². The predicted molar refractivity (Wildman–Crippen MR) is 94.0 cm³/mol. The molecular weight excluding hydrogens is 362 g/mol. The Kier molecular flexibility index (Phi) is 5.26. The molecule has 1 fully saturated rings. The summed E-state index contributed by atoms with van der Waals surface area (Å²) < 4.78 is 31.9. The largest absolute Gasteiger partial charge is 0.360 e. The lowest BCUT2D eigenvalue weighted by Gasteiger charge is -2.34. The molecule has 3 heterocycles. The number of nitrogens with zero attached hydrogens (tertiary/aromatic N) is 3. The third kappa shape index (κ3) is 3.78. The summed E-state index contributed by atoms with van der Waals surface area (Å²) >= 11 is 1.64. The van der Waals surface area contributed by atoms with Crippen LogP contribution < -0.4 is 0 Å². The number of amides is 1. The van der Waals surface area contributed by atoms with Crippen LogP contribution in [0.5, 0.6) is 0 Å². The molecule has 1 aliphatic rings. The van der Waals surface area contributed by atoms with Crippen molar-refractivity contribution in [1.82, 2.24) is 14.4 Å². The van der Waals surface area contributed by atoms with Crippen LogP contribution in [0.15, 0.2) is 26.9 Å². The molecule has 1 saturated heterocycles. The number of rotatable bonds is 5. The molecule has 0 bridgehead atoms. The van der Waals surface area contributed by atoms with Gasteiger partial charge in [0.25, 0.3) is 0 Å². The zero-order valence-corrected chi connectivity index (χ0v) is 15.9. The number of sulfonamides is 1. The van der Waals surface area contributed by atoms with Crippen molar-refractivity contribution in [3.05, 3.63) is 33.8 Å². The SMILES string of the molecule is Cc1noc(C)c1S(=O)(=O)N1CCN(C(=O)CCc2cccs2)CC1. The van der Waals surface area contributed by atoms with Crippen LogP contribution in [0.4, 0.5) is 0 Å². The van der Waals surface area contributed by atoms with Gasteiger partial charge in [-0.1, -0.05) is 11.2 Å². The molecule has 3 rings (SSSR count). The Labute approximate surface area is 151 Å². The van der Waals surface area contributed by atoms with Crippen LogP contribution in [0.25, 0.3) is 0 Å². The van der Waals surface area contributed by atoms with Crippen LogP contribution in [0, 0.1) is 13.8 Å². The van der Waals surface area contributed by atoms with Gasteiger partial charge in [-0.25, -0.2) is 8.42 Å². The molecule has 0 N–H and O–H groups in total. The predicted octanol–water partition coefficient (Wildman–Crippen LogP) is 1.82. The van der Waals surface area contributed by atoms with Crippen LogP contribution in [0.3, 0.4) is 0 Å². The molecule has 1 aliphatic heterocycles. The number of carbonyl (C=O) groups excluding carboxylic acids is 1. The van der Waals surface area contributed by atoms with E-state index in [0.717, 1.165) is 6.42 Å². The van der Waals surface area contributed by atoms with E-state index in [1.807, 2.05) is 17.5 Å². The van der Waals surface area contributed by atoms with E-state index in [4.69, 9.17) is 4.52 Å². The average molecular weight is 383 g/mol. The van der Waals surface area contributed by atoms with Crippen molar-refractivity contribution in [2.24, 2.45) is 0 Å². The molecule has 0 unspecified atom stereocenters. The summed E-state index contributed by atoms with van der Waals surface area (Å²) in [5, 5.41) is 5.72. The lowest BCUT2D eigenvalue weighted by atomic mass is 10.2. The van der Waals surface area contributed by atoms with E-state index in [9.17, 15) is 13.2 Å². The van der Waals surface area contributed by atoms with Gasteiger partial charge in [0.15, 0.2) is 5.76 Å².